The van der Waals surface area contributed by atoms with Gasteiger partial charge in [-0.2, -0.15) is 0 Å². The zero-order chi connectivity index (χ0) is 28.0. The van der Waals surface area contributed by atoms with Crippen molar-refractivity contribution in [2.75, 3.05) is 5.32 Å². The number of nitrogens with one attached hydrogen (secondary N) is 1. The summed E-state index contributed by atoms with van der Waals surface area (Å²) in [5, 5.41) is 7.47. The van der Waals surface area contributed by atoms with Crippen molar-refractivity contribution in [1.82, 2.24) is 9.55 Å². The van der Waals surface area contributed by atoms with E-state index >= 15 is 0 Å². The van der Waals surface area contributed by atoms with Crippen molar-refractivity contribution < 1.29 is 0 Å². The van der Waals surface area contributed by atoms with E-state index in [-0.39, 0.29) is 5.41 Å². The summed E-state index contributed by atoms with van der Waals surface area (Å²) in [7, 11) is 0. The highest BCUT2D eigenvalue weighted by Gasteiger charge is 2.33. The molecule has 0 aliphatic carbocycles. The van der Waals surface area contributed by atoms with E-state index in [1.165, 1.54) is 53.6 Å². The van der Waals surface area contributed by atoms with E-state index in [4.69, 9.17) is 4.98 Å². The molecule has 1 N–H and O–H groups in total. The number of fused-ring (bicyclic) bond motifs is 9. The SMILES string of the molecule is CC1(C)c2ccccc2Nc2ccc(-n3c4ccc(-c5ccccc5)nc4c4ccc5sc6ccccc6c5c43)cc21. The first kappa shape index (κ1) is 23.7. The van der Waals surface area contributed by atoms with Gasteiger partial charge in [-0.3, -0.25) is 0 Å². The highest BCUT2D eigenvalue weighted by Crippen LogP contribution is 2.47. The van der Waals surface area contributed by atoms with Crippen LogP contribution in [-0.4, -0.2) is 9.55 Å². The van der Waals surface area contributed by atoms with Gasteiger partial charge in [0.15, 0.2) is 0 Å². The molecule has 42 heavy (non-hydrogen) atoms. The van der Waals surface area contributed by atoms with Crippen LogP contribution >= 0.6 is 11.3 Å². The number of hydrogen-bond donors (Lipinski definition) is 1. The van der Waals surface area contributed by atoms with Gasteiger partial charge < -0.3 is 9.88 Å². The smallest absolute Gasteiger partial charge is 0.0971 e. The predicted molar refractivity (Wildman–Crippen MR) is 179 cm³/mol. The zero-order valence-corrected chi connectivity index (χ0v) is 24.2. The molecule has 200 valence electrons. The fourth-order valence-electron chi connectivity index (χ4n) is 6.94. The van der Waals surface area contributed by atoms with Crippen LogP contribution in [0, 0.1) is 0 Å². The monoisotopic (exact) mass is 557 g/mol. The number of benzene rings is 5. The molecule has 5 aromatic carbocycles. The second kappa shape index (κ2) is 8.54. The van der Waals surface area contributed by atoms with Crippen LogP contribution in [0.1, 0.15) is 25.0 Å². The second-order valence-electron chi connectivity index (χ2n) is 11.7. The minimum atomic E-state index is -0.144. The molecule has 0 bridgehead atoms. The highest BCUT2D eigenvalue weighted by molar-refractivity contribution is 7.26. The largest absolute Gasteiger partial charge is 0.355 e. The van der Waals surface area contributed by atoms with Crippen LogP contribution in [0.3, 0.4) is 0 Å². The Kier molecular flexibility index (Phi) is 4.83. The Bertz CT molecular complexity index is 2360. The van der Waals surface area contributed by atoms with Crippen LogP contribution in [0.25, 0.3) is 59.1 Å². The van der Waals surface area contributed by atoms with E-state index in [1.807, 2.05) is 11.3 Å². The quantitative estimate of drug-likeness (QED) is 0.229. The third-order valence-electron chi connectivity index (χ3n) is 8.98. The topological polar surface area (TPSA) is 29.9 Å². The van der Waals surface area contributed by atoms with Gasteiger partial charge in [0.25, 0.3) is 0 Å². The summed E-state index contributed by atoms with van der Waals surface area (Å²) < 4.78 is 5.05. The van der Waals surface area contributed by atoms with Crippen LogP contribution < -0.4 is 5.32 Å². The molecule has 8 aromatic rings. The summed E-state index contributed by atoms with van der Waals surface area (Å²) in [5.41, 5.74) is 11.5. The lowest BCUT2D eigenvalue weighted by atomic mass is 9.74. The molecule has 3 aromatic heterocycles. The van der Waals surface area contributed by atoms with E-state index in [0.29, 0.717) is 0 Å². The fraction of sp³-hybridized carbons (Fsp3) is 0.0789. The van der Waals surface area contributed by atoms with E-state index in [2.05, 4.69) is 145 Å². The molecule has 0 radical (unpaired) electrons. The Morgan fingerprint density at radius 1 is 0.667 bits per heavy atom. The van der Waals surface area contributed by atoms with Gasteiger partial charge in [-0.25, -0.2) is 4.98 Å². The van der Waals surface area contributed by atoms with Gasteiger partial charge in [0.1, 0.15) is 0 Å². The molecule has 0 atom stereocenters. The van der Waals surface area contributed by atoms with Crippen molar-refractivity contribution in [1.29, 1.82) is 0 Å². The number of thiophene rings is 1. The van der Waals surface area contributed by atoms with Crippen LogP contribution in [0.4, 0.5) is 11.4 Å². The second-order valence-corrected chi connectivity index (χ2v) is 12.8. The number of hydrogen-bond acceptors (Lipinski definition) is 3. The summed E-state index contributed by atoms with van der Waals surface area (Å²) in [4.78, 5) is 5.31. The first-order valence-corrected chi connectivity index (χ1v) is 15.2. The van der Waals surface area contributed by atoms with Crippen molar-refractivity contribution in [2.45, 2.75) is 19.3 Å². The van der Waals surface area contributed by atoms with Crippen LogP contribution in [0.2, 0.25) is 0 Å². The molecule has 1 aliphatic heterocycles. The maximum absolute atomic E-state index is 5.31. The van der Waals surface area contributed by atoms with Gasteiger partial charge in [-0.15, -0.1) is 11.3 Å². The van der Waals surface area contributed by atoms with E-state index in [0.717, 1.165) is 28.0 Å². The molecule has 0 fully saturated rings. The number of rotatable bonds is 2. The van der Waals surface area contributed by atoms with Gasteiger partial charge in [-0.05, 0) is 65.7 Å². The highest BCUT2D eigenvalue weighted by atomic mass is 32.1. The van der Waals surface area contributed by atoms with Crippen LogP contribution in [-0.2, 0) is 5.41 Å². The number of anilines is 2. The summed E-state index contributed by atoms with van der Waals surface area (Å²) >= 11 is 1.86. The third-order valence-corrected chi connectivity index (χ3v) is 10.1. The molecule has 3 nitrogen and oxygen atoms in total. The number of para-hydroxylation sites is 1. The molecule has 0 saturated heterocycles. The number of nitrogens with zero attached hydrogens (tertiary/aromatic N) is 2. The van der Waals surface area contributed by atoms with Crippen molar-refractivity contribution in [3.05, 3.63) is 132 Å². The Hall–Kier alpha value is -4.93. The normalized spacial score (nSPS) is 13.9. The van der Waals surface area contributed by atoms with Crippen molar-refractivity contribution in [3.8, 4) is 16.9 Å². The average molecular weight is 558 g/mol. The molecular formula is C38H27N3S. The first-order chi connectivity index (χ1) is 20.6. The molecule has 0 saturated carbocycles. The maximum Gasteiger partial charge on any atom is 0.0971 e. The Morgan fingerprint density at radius 3 is 2.36 bits per heavy atom. The lowest BCUT2D eigenvalue weighted by Gasteiger charge is -2.36. The van der Waals surface area contributed by atoms with E-state index in [1.54, 1.807) is 0 Å². The van der Waals surface area contributed by atoms with Gasteiger partial charge >= 0.3 is 0 Å². The van der Waals surface area contributed by atoms with Crippen LogP contribution in [0.15, 0.2) is 121 Å². The summed E-state index contributed by atoms with van der Waals surface area (Å²) in [5.74, 6) is 0. The minimum absolute atomic E-state index is 0.144. The molecule has 9 rings (SSSR count). The van der Waals surface area contributed by atoms with Crippen molar-refractivity contribution >= 4 is 64.8 Å². The standard InChI is InChI=1S/C38H27N3S/c1-38(2)27-13-7-8-14-30(27)39-31-18-16-24(22-28(31)38)41-32-20-19-29(23-10-4-3-5-11-23)40-36(32)26-17-21-34-35(37(26)41)25-12-6-9-15-33(25)42-34/h3-22,39H,1-2H3. The van der Waals surface area contributed by atoms with Crippen molar-refractivity contribution in [2.24, 2.45) is 0 Å². The average Bonchev–Trinajstić information content (AvgIpc) is 3.57. The predicted octanol–water partition coefficient (Wildman–Crippen LogP) is 10.6. The number of aromatic nitrogens is 2. The minimum Gasteiger partial charge on any atom is -0.355 e. The lowest BCUT2D eigenvalue weighted by Crippen LogP contribution is -2.26. The molecular weight excluding hydrogens is 531 g/mol. The van der Waals surface area contributed by atoms with Gasteiger partial charge in [0, 0.05) is 53.6 Å². The molecule has 4 heteroatoms. The molecule has 4 heterocycles. The molecule has 1 aliphatic rings. The molecule has 0 unspecified atom stereocenters. The molecule has 0 amide bonds. The Balaban J connectivity index is 1.39. The molecule has 0 spiro atoms. The van der Waals surface area contributed by atoms with Crippen molar-refractivity contribution in [3.63, 3.8) is 0 Å². The third kappa shape index (κ3) is 3.24. The van der Waals surface area contributed by atoms with Gasteiger partial charge in [0.2, 0.25) is 0 Å². The lowest BCUT2D eigenvalue weighted by molar-refractivity contribution is 0.637. The summed E-state index contributed by atoms with van der Waals surface area (Å²) in [6, 6.07) is 43.8. The van der Waals surface area contributed by atoms with E-state index in [9.17, 15) is 0 Å². The van der Waals surface area contributed by atoms with Gasteiger partial charge in [-0.1, -0.05) is 80.6 Å². The first-order valence-electron chi connectivity index (χ1n) is 14.4. The Labute approximate surface area is 247 Å². The summed E-state index contributed by atoms with van der Waals surface area (Å²) in [6.45, 7) is 4.67. The zero-order valence-electron chi connectivity index (χ0n) is 23.3. The maximum atomic E-state index is 5.31. The van der Waals surface area contributed by atoms with Gasteiger partial charge in [0.05, 0.1) is 22.2 Å². The Morgan fingerprint density at radius 2 is 1.45 bits per heavy atom. The number of pyridine rings is 1. The van der Waals surface area contributed by atoms with Crippen LogP contribution in [0.5, 0.6) is 0 Å². The summed E-state index contributed by atoms with van der Waals surface area (Å²) in [6.07, 6.45) is 0. The van der Waals surface area contributed by atoms with E-state index < -0.39 is 0 Å². The fourth-order valence-corrected chi connectivity index (χ4v) is 8.04.